The SMILES string of the molecule is O=C(N[C@H]1[C@H](O[C@H]2[C@@H](OCc3ccccc3)[C@@H](COCc3ccccc3)O[C@@H](O[C@H]3[C@H](OCc4ccccc4)[C@@H](OCc4ccccc4)[C@H](O)O[C@@H]3COCc3ccccc3)[C@@H]2OCc2ccccc2)O[C@H](COCc2ccccc2)[C@@H](O)[C@@H]1OCc1ccccc1)c1ccccc1. The lowest BCUT2D eigenvalue weighted by Crippen LogP contribution is -2.69. The highest BCUT2D eigenvalue weighted by Gasteiger charge is 2.57. The smallest absolute Gasteiger partial charge is 0.251 e. The van der Waals surface area contributed by atoms with E-state index in [-0.39, 0.29) is 72.7 Å². The van der Waals surface area contributed by atoms with E-state index < -0.39 is 98.0 Å². The molecule has 0 radical (unpaired) electrons. The van der Waals surface area contributed by atoms with Gasteiger partial charge in [-0.2, -0.15) is 0 Å². The third-order valence-electron chi connectivity index (χ3n) is 17.4. The molecule has 12 rings (SSSR count). The lowest BCUT2D eigenvalue weighted by molar-refractivity contribution is -0.387. The van der Waals surface area contributed by atoms with E-state index in [9.17, 15) is 15.0 Å². The monoisotopic (exact) mass is 1330 g/mol. The summed E-state index contributed by atoms with van der Waals surface area (Å²) in [7, 11) is 0. The van der Waals surface area contributed by atoms with Crippen LogP contribution in [0.3, 0.4) is 0 Å². The highest BCUT2D eigenvalue weighted by atomic mass is 16.8. The van der Waals surface area contributed by atoms with Crippen LogP contribution in [0.4, 0.5) is 0 Å². The molecule has 15 atom stereocenters. The maximum absolute atomic E-state index is 14.9. The van der Waals surface area contributed by atoms with Gasteiger partial charge in [0.2, 0.25) is 0 Å². The first kappa shape index (κ1) is 69.7. The molecule has 0 aliphatic carbocycles. The summed E-state index contributed by atoms with van der Waals surface area (Å²) < 4.78 is 91.4. The molecule has 17 nitrogen and oxygen atoms in total. The zero-order chi connectivity index (χ0) is 66.9. The summed E-state index contributed by atoms with van der Waals surface area (Å²) in [4.78, 5) is 14.9. The van der Waals surface area contributed by atoms with Gasteiger partial charge >= 0.3 is 0 Å². The Bertz CT molecular complexity index is 3690. The van der Waals surface area contributed by atoms with Gasteiger partial charge < -0.3 is 77.1 Å². The van der Waals surface area contributed by atoms with Crippen LogP contribution in [0, 0.1) is 0 Å². The molecule has 0 saturated carbocycles. The summed E-state index contributed by atoms with van der Waals surface area (Å²) in [5.41, 5.74) is 7.27. The number of hydrogen-bond acceptors (Lipinski definition) is 16. The van der Waals surface area contributed by atoms with Crippen LogP contribution in [0.15, 0.2) is 273 Å². The van der Waals surface area contributed by atoms with E-state index in [0.29, 0.717) is 5.56 Å². The zero-order valence-corrected chi connectivity index (χ0v) is 54.5. The molecule has 0 bridgehead atoms. The van der Waals surface area contributed by atoms with Gasteiger partial charge in [-0.15, -0.1) is 0 Å². The van der Waals surface area contributed by atoms with Gasteiger partial charge in [0.05, 0.1) is 72.7 Å². The molecule has 0 unspecified atom stereocenters. The number of benzene rings is 9. The molecule has 3 saturated heterocycles. The summed E-state index contributed by atoms with van der Waals surface area (Å²) >= 11 is 0. The summed E-state index contributed by atoms with van der Waals surface area (Å²) in [6.45, 7) is 0.634. The number of aliphatic hydroxyl groups is 2. The first-order valence-corrected chi connectivity index (χ1v) is 33.5. The standard InChI is InChI=1S/C81H85NO16/c83-70-66(54-86-46-57-28-10-1-11-29-57)95-80(69(82-78(84)65-44-26-9-27-45-65)73(70)90-50-61-36-18-5-19-37-61)98-75-71(89-49-60-34-16-4-17-35-60)67(55-87-47-58-30-12-2-13-31-58)96-81(77(75)93-53-64-42-24-8-25-43-64)97-72-68(56-88-48-59-32-14-3-15-33-59)94-79(85)76(92-52-63-40-22-7-23-41-63)74(72)91-51-62-38-20-6-21-39-62/h1-45,66-77,79-81,83,85H,46-56H2,(H,82,84)/t66-,67-,68-,69-,70-,71+,72-,73-,74+,75+,76-,77-,79-,80+,81+/m1/s1. The van der Waals surface area contributed by atoms with Crippen LogP contribution in [0.5, 0.6) is 0 Å². The molecule has 3 N–H and O–H groups in total. The minimum absolute atomic E-state index is 0.00653. The molecule has 17 heteroatoms. The van der Waals surface area contributed by atoms with Crippen molar-refractivity contribution in [3.63, 3.8) is 0 Å². The number of rotatable bonds is 33. The van der Waals surface area contributed by atoms with Crippen molar-refractivity contribution in [2.75, 3.05) is 19.8 Å². The molecule has 0 spiro atoms. The predicted octanol–water partition coefficient (Wildman–Crippen LogP) is 11.7. The number of aliphatic hydroxyl groups excluding tert-OH is 2. The van der Waals surface area contributed by atoms with Gasteiger partial charge in [0.25, 0.3) is 5.91 Å². The lowest BCUT2D eigenvalue weighted by atomic mass is 9.94. The third-order valence-corrected chi connectivity index (χ3v) is 17.4. The average Bonchev–Trinajstić information content (AvgIpc) is 0.914. The molecule has 9 aromatic rings. The van der Waals surface area contributed by atoms with Crippen molar-refractivity contribution in [1.29, 1.82) is 0 Å². The van der Waals surface area contributed by atoms with Crippen molar-refractivity contribution in [3.05, 3.63) is 323 Å². The van der Waals surface area contributed by atoms with Gasteiger partial charge in [0, 0.05) is 5.56 Å². The quantitative estimate of drug-likeness (QED) is 0.0352. The van der Waals surface area contributed by atoms with E-state index in [1.165, 1.54) is 0 Å². The van der Waals surface area contributed by atoms with Gasteiger partial charge in [0.15, 0.2) is 18.9 Å². The van der Waals surface area contributed by atoms with Gasteiger partial charge in [-0.25, -0.2) is 0 Å². The van der Waals surface area contributed by atoms with Crippen LogP contribution in [0.2, 0.25) is 0 Å². The number of hydrogen-bond donors (Lipinski definition) is 3. The second-order valence-corrected chi connectivity index (χ2v) is 24.5. The van der Waals surface area contributed by atoms with E-state index in [4.69, 9.17) is 61.6 Å². The molecular formula is C81H85NO16. The minimum Gasteiger partial charge on any atom is -0.388 e. The van der Waals surface area contributed by atoms with E-state index >= 15 is 0 Å². The zero-order valence-electron chi connectivity index (χ0n) is 54.5. The highest BCUT2D eigenvalue weighted by molar-refractivity contribution is 5.94. The summed E-state index contributed by atoms with van der Waals surface area (Å²) in [5.74, 6) is -0.480. The number of ether oxygens (including phenoxy) is 13. The summed E-state index contributed by atoms with van der Waals surface area (Å²) in [6, 6.07) is 85.2. The third kappa shape index (κ3) is 19.8. The Balaban J connectivity index is 0.985. The molecule has 3 aliphatic rings. The van der Waals surface area contributed by atoms with Crippen molar-refractivity contribution < 1.29 is 76.6 Å². The Labute approximate surface area is 573 Å². The van der Waals surface area contributed by atoms with E-state index in [2.05, 4.69) is 5.32 Å². The number of carbonyl (C=O) groups is 1. The van der Waals surface area contributed by atoms with Crippen LogP contribution in [-0.4, -0.2) is 128 Å². The maximum Gasteiger partial charge on any atom is 0.251 e. The fraction of sp³-hybridized carbons (Fsp3) is 0.321. The van der Waals surface area contributed by atoms with Crippen LogP contribution < -0.4 is 5.32 Å². The summed E-state index contributed by atoms with van der Waals surface area (Å²) in [6.07, 6.45) is -17.1. The van der Waals surface area contributed by atoms with Gasteiger partial charge in [-0.3, -0.25) is 4.79 Å². The van der Waals surface area contributed by atoms with Crippen molar-refractivity contribution >= 4 is 5.91 Å². The highest BCUT2D eigenvalue weighted by Crippen LogP contribution is 2.39. The van der Waals surface area contributed by atoms with Crippen LogP contribution in [0.1, 0.15) is 54.9 Å². The van der Waals surface area contributed by atoms with Crippen molar-refractivity contribution in [2.24, 2.45) is 0 Å². The van der Waals surface area contributed by atoms with Crippen molar-refractivity contribution in [3.8, 4) is 0 Å². The number of carbonyl (C=O) groups excluding carboxylic acids is 1. The first-order chi connectivity index (χ1) is 48.3. The molecule has 3 aliphatic heterocycles. The van der Waals surface area contributed by atoms with E-state index in [1.54, 1.807) is 24.3 Å². The Morgan fingerprint density at radius 3 is 1.02 bits per heavy atom. The Kier molecular flexibility index (Phi) is 26.1. The Hall–Kier alpha value is -8.15. The van der Waals surface area contributed by atoms with E-state index in [0.717, 1.165) is 44.5 Å². The van der Waals surface area contributed by atoms with Crippen LogP contribution in [0.25, 0.3) is 0 Å². The molecule has 98 heavy (non-hydrogen) atoms. The first-order valence-electron chi connectivity index (χ1n) is 33.5. The minimum atomic E-state index is -1.53. The fourth-order valence-corrected chi connectivity index (χ4v) is 12.3. The maximum atomic E-state index is 14.9. The second kappa shape index (κ2) is 36.6. The molecular weight excluding hydrogens is 1240 g/mol. The van der Waals surface area contributed by atoms with E-state index in [1.807, 2.05) is 249 Å². The molecule has 9 aromatic carbocycles. The molecule has 0 aromatic heterocycles. The molecule has 1 amide bonds. The summed E-state index contributed by atoms with van der Waals surface area (Å²) in [5, 5.41) is 28.4. The second-order valence-electron chi connectivity index (χ2n) is 24.5. The van der Waals surface area contributed by atoms with Gasteiger partial charge in [0.1, 0.15) is 73.2 Å². The Morgan fingerprint density at radius 2 is 0.612 bits per heavy atom. The van der Waals surface area contributed by atoms with Crippen LogP contribution in [-0.2, 0) is 114 Å². The van der Waals surface area contributed by atoms with Gasteiger partial charge in [-0.05, 0) is 56.6 Å². The van der Waals surface area contributed by atoms with Gasteiger partial charge in [-0.1, -0.05) is 261 Å². The molecule has 510 valence electrons. The average molecular weight is 1330 g/mol. The number of amides is 1. The van der Waals surface area contributed by atoms with Crippen molar-refractivity contribution in [2.45, 2.75) is 145 Å². The number of nitrogens with one attached hydrogen (secondary N) is 1. The Morgan fingerprint density at radius 1 is 0.306 bits per heavy atom. The van der Waals surface area contributed by atoms with Crippen molar-refractivity contribution in [1.82, 2.24) is 5.32 Å². The van der Waals surface area contributed by atoms with Crippen LogP contribution >= 0.6 is 0 Å². The largest absolute Gasteiger partial charge is 0.388 e. The topological polar surface area (TPSA) is 190 Å². The predicted molar refractivity (Wildman–Crippen MR) is 365 cm³/mol. The lowest BCUT2D eigenvalue weighted by Gasteiger charge is -2.51. The fourth-order valence-electron chi connectivity index (χ4n) is 12.3. The molecule has 3 fully saturated rings. The normalized spacial score (nSPS) is 25.5. The molecule has 3 heterocycles.